The van der Waals surface area contributed by atoms with Crippen molar-refractivity contribution in [3.8, 4) is 0 Å². The van der Waals surface area contributed by atoms with Gasteiger partial charge in [0.2, 0.25) is 10.0 Å². The molecule has 0 unspecified atom stereocenters. The maximum absolute atomic E-state index is 13.7. The number of hydrogen-bond donors (Lipinski definition) is 1. The van der Waals surface area contributed by atoms with Gasteiger partial charge in [-0.1, -0.05) is 64.5 Å². The fraction of sp³-hybridized carbons (Fsp3) is 0.600. The number of aryl methyl sites for hydroxylation is 1. The van der Waals surface area contributed by atoms with Gasteiger partial charge in [0.25, 0.3) is 0 Å². The molecule has 0 bridgehead atoms. The Morgan fingerprint density at radius 2 is 1.75 bits per heavy atom. The SMILES string of the molecule is CC(=O)[C@@]1(O)CN(S(=O)(=O)c2ccc(C)cc2)[C@@H](C(C)C)C/C=C\[C@@H]1CC(=O)C(C)(C)C. The normalized spacial score (nSPS) is 26.4. The first-order valence-corrected chi connectivity index (χ1v) is 12.6. The third-order valence-corrected chi connectivity index (χ3v) is 8.26. The van der Waals surface area contributed by atoms with Crippen LogP contribution in [0.2, 0.25) is 0 Å². The van der Waals surface area contributed by atoms with Gasteiger partial charge < -0.3 is 5.11 Å². The zero-order valence-electron chi connectivity index (χ0n) is 20.3. The van der Waals surface area contributed by atoms with Gasteiger partial charge in [0.15, 0.2) is 5.78 Å². The van der Waals surface area contributed by atoms with Crippen molar-refractivity contribution in [1.82, 2.24) is 4.31 Å². The predicted molar refractivity (Wildman–Crippen MR) is 126 cm³/mol. The molecule has 0 aliphatic carbocycles. The van der Waals surface area contributed by atoms with Crippen LogP contribution in [0.4, 0.5) is 0 Å². The number of hydrogen-bond acceptors (Lipinski definition) is 5. The van der Waals surface area contributed by atoms with Crippen molar-refractivity contribution in [3.63, 3.8) is 0 Å². The third kappa shape index (κ3) is 5.56. The van der Waals surface area contributed by atoms with E-state index in [2.05, 4.69) is 0 Å². The standard InChI is InChI=1S/C25H37NO5S/c1-17(2)22-10-8-9-20(15-23(28)24(5,6)7)25(29,19(4)27)16-26(22)32(30,31)21-13-11-18(3)12-14-21/h8-9,11-14,17,20,22,29H,10,15-16H2,1-7H3/b9-8-/t20-,22-,25+/m1/s1. The van der Waals surface area contributed by atoms with Crippen molar-refractivity contribution in [2.24, 2.45) is 17.3 Å². The van der Waals surface area contributed by atoms with E-state index in [0.717, 1.165) is 5.56 Å². The summed E-state index contributed by atoms with van der Waals surface area (Å²) in [7, 11) is -4.00. The average molecular weight is 464 g/mol. The quantitative estimate of drug-likeness (QED) is 0.646. The minimum absolute atomic E-state index is 0.0408. The van der Waals surface area contributed by atoms with E-state index in [1.807, 2.05) is 20.8 Å². The van der Waals surface area contributed by atoms with Crippen molar-refractivity contribution < 1.29 is 23.1 Å². The molecule has 1 heterocycles. The number of nitrogens with zero attached hydrogens (tertiary/aromatic N) is 1. The molecule has 32 heavy (non-hydrogen) atoms. The van der Waals surface area contributed by atoms with Crippen LogP contribution in [0.3, 0.4) is 0 Å². The molecule has 0 spiro atoms. The van der Waals surface area contributed by atoms with E-state index in [-0.39, 0.29) is 23.0 Å². The molecule has 1 aromatic rings. The highest BCUT2D eigenvalue weighted by Crippen LogP contribution is 2.35. The Balaban J connectivity index is 2.61. The Morgan fingerprint density at radius 1 is 1.19 bits per heavy atom. The summed E-state index contributed by atoms with van der Waals surface area (Å²) in [6, 6.07) is 6.10. The van der Waals surface area contributed by atoms with Crippen LogP contribution >= 0.6 is 0 Å². The molecule has 0 saturated carbocycles. The van der Waals surface area contributed by atoms with Gasteiger partial charge in [-0.15, -0.1) is 0 Å². The van der Waals surface area contributed by atoms with E-state index in [1.165, 1.54) is 11.2 Å². The predicted octanol–water partition coefficient (Wildman–Crippen LogP) is 3.91. The zero-order chi connectivity index (χ0) is 24.5. The van der Waals surface area contributed by atoms with Gasteiger partial charge >= 0.3 is 0 Å². The molecule has 6 nitrogen and oxygen atoms in total. The second-order valence-electron chi connectivity index (χ2n) is 10.3. The first kappa shape index (κ1) is 26.4. The van der Waals surface area contributed by atoms with Crippen LogP contribution in [0.1, 0.15) is 59.9 Å². The molecule has 2 rings (SSSR count). The first-order valence-electron chi connectivity index (χ1n) is 11.1. The van der Waals surface area contributed by atoms with E-state index in [0.29, 0.717) is 6.42 Å². The number of carbonyl (C=O) groups excluding carboxylic acids is 2. The lowest BCUT2D eigenvalue weighted by Crippen LogP contribution is -2.58. The average Bonchev–Trinajstić information content (AvgIpc) is 2.66. The Kier molecular flexibility index (Phi) is 7.91. The molecule has 1 aromatic carbocycles. The van der Waals surface area contributed by atoms with E-state index in [4.69, 9.17) is 0 Å². The van der Waals surface area contributed by atoms with Gasteiger partial charge in [-0.25, -0.2) is 8.42 Å². The van der Waals surface area contributed by atoms with Crippen LogP contribution in [0.15, 0.2) is 41.3 Å². The Labute approximate surface area is 192 Å². The van der Waals surface area contributed by atoms with E-state index >= 15 is 0 Å². The highest BCUT2D eigenvalue weighted by atomic mass is 32.2. The van der Waals surface area contributed by atoms with Gasteiger partial charge in [-0.05, 0) is 38.3 Å². The number of aliphatic hydroxyl groups is 1. The molecule has 0 fully saturated rings. The van der Waals surface area contributed by atoms with Crippen molar-refractivity contribution in [3.05, 3.63) is 42.0 Å². The van der Waals surface area contributed by atoms with Crippen LogP contribution in [-0.2, 0) is 19.6 Å². The number of carbonyl (C=O) groups is 2. The van der Waals surface area contributed by atoms with Crippen molar-refractivity contribution in [2.45, 2.75) is 77.8 Å². The van der Waals surface area contributed by atoms with E-state index in [9.17, 15) is 23.1 Å². The van der Waals surface area contributed by atoms with Gasteiger partial charge in [-0.2, -0.15) is 4.31 Å². The van der Waals surface area contributed by atoms with Gasteiger partial charge in [-0.3, -0.25) is 9.59 Å². The number of β-amino-alcohol motifs (C(OH)–C–C–N with tert-alkyl or cyclic N) is 1. The number of rotatable bonds is 6. The largest absolute Gasteiger partial charge is 0.380 e. The molecular formula is C25H37NO5S. The fourth-order valence-corrected chi connectivity index (χ4v) is 5.76. The Hall–Kier alpha value is -1.83. The smallest absolute Gasteiger partial charge is 0.243 e. The highest BCUT2D eigenvalue weighted by molar-refractivity contribution is 7.89. The molecule has 0 aromatic heterocycles. The van der Waals surface area contributed by atoms with Gasteiger partial charge in [0, 0.05) is 23.8 Å². The third-order valence-electron chi connectivity index (χ3n) is 6.37. The maximum atomic E-state index is 13.7. The molecule has 1 aliphatic heterocycles. The number of Topliss-reactive ketones (excluding diaryl/α,β-unsaturated/α-hetero) is 2. The van der Waals surface area contributed by atoms with Crippen LogP contribution in [-0.4, -0.2) is 47.6 Å². The minimum atomic E-state index is -4.00. The Bertz CT molecular complexity index is 973. The minimum Gasteiger partial charge on any atom is -0.380 e. The fourth-order valence-electron chi connectivity index (χ4n) is 3.96. The molecule has 1 N–H and O–H groups in total. The number of sulfonamides is 1. The maximum Gasteiger partial charge on any atom is 0.243 e. The Morgan fingerprint density at radius 3 is 2.22 bits per heavy atom. The second kappa shape index (κ2) is 9.57. The summed E-state index contributed by atoms with van der Waals surface area (Å²) < 4.78 is 28.6. The molecule has 0 saturated heterocycles. The lowest BCUT2D eigenvalue weighted by atomic mass is 9.75. The highest BCUT2D eigenvalue weighted by Gasteiger charge is 2.48. The summed E-state index contributed by atoms with van der Waals surface area (Å²) in [4.78, 5) is 25.6. The summed E-state index contributed by atoms with van der Waals surface area (Å²) in [5, 5.41) is 11.6. The van der Waals surface area contributed by atoms with Crippen LogP contribution in [0.5, 0.6) is 0 Å². The van der Waals surface area contributed by atoms with Gasteiger partial charge in [0.05, 0.1) is 11.4 Å². The molecule has 0 amide bonds. The molecule has 0 radical (unpaired) electrons. The summed E-state index contributed by atoms with van der Waals surface area (Å²) in [5.74, 6) is -1.51. The summed E-state index contributed by atoms with van der Waals surface area (Å²) in [6.07, 6.45) is 3.91. The second-order valence-corrected chi connectivity index (χ2v) is 12.2. The zero-order valence-corrected chi connectivity index (χ0v) is 21.1. The molecule has 7 heteroatoms. The number of benzene rings is 1. The van der Waals surface area contributed by atoms with E-state index in [1.54, 1.807) is 57.2 Å². The van der Waals surface area contributed by atoms with Crippen LogP contribution in [0, 0.1) is 24.2 Å². The molecular weight excluding hydrogens is 426 g/mol. The molecule has 3 atom stereocenters. The molecule has 1 aliphatic rings. The lowest BCUT2D eigenvalue weighted by Gasteiger charge is -2.42. The van der Waals surface area contributed by atoms with Crippen molar-refractivity contribution >= 4 is 21.6 Å². The van der Waals surface area contributed by atoms with Crippen molar-refractivity contribution in [1.29, 1.82) is 0 Å². The van der Waals surface area contributed by atoms with Gasteiger partial charge in [0.1, 0.15) is 11.4 Å². The monoisotopic (exact) mass is 463 g/mol. The van der Waals surface area contributed by atoms with Crippen LogP contribution < -0.4 is 0 Å². The van der Waals surface area contributed by atoms with Crippen LogP contribution in [0.25, 0.3) is 0 Å². The number of ketones is 2. The summed E-state index contributed by atoms with van der Waals surface area (Å²) in [6.45, 7) is 11.9. The van der Waals surface area contributed by atoms with E-state index < -0.39 is 45.3 Å². The topological polar surface area (TPSA) is 91.8 Å². The summed E-state index contributed by atoms with van der Waals surface area (Å²) >= 11 is 0. The first-order chi connectivity index (χ1) is 14.6. The molecule has 178 valence electrons. The lowest BCUT2D eigenvalue weighted by molar-refractivity contribution is -0.143. The summed E-state index contributed by atoms with van der Waals surface area (Å²) in [5.41, 5.74) is -1.72. The van der Waals surface area contributed by atoms with Crippen molar-refractivity contribution in [2.75, 3.05) is 6.54 Å².